The van der Waals surface area contributed by atoms with Gasteiger partial charge in [0.25, 0.3) is 6.01 Å². The number of piperazine rings is 1. The summed E-state index contributed by atoms with van der Waals surface area (Å²) < 4.78 is 17.6. The molecule has 0 spiro atoms. The lowest BCUT2D eigenvalue weighted by Gasteiger charge is -2.55. The van der Waals surface area contributed by atoms with Crippen molar-refractivity contribution < 1.29 is 18.7 Å². The van der Waals surface area contributed by atoms with E-state index in [1.165, 1.54) is 0 Å². The van der Waals surface area contributed by atoms with Crippen LogP contribution < -0.4 is 9.64 Å². The first-order chi connectivity index (χ1) is 12.2. The lowest BCUT2D eigenvalue weighted by Crippen LogP contribution is -2.70. The predicted molar refractivity (Wildman–Crippen MR) is 101 cm³/mol. The first kappa shape index (κ1) is 17.5. The second kappa shape index (κ2) is 6.04. The summed E-state index contributed by atoms with van der Waals surface area (Å²) in [6, 6.07) is 4.56. The molecular formula is C18H22BrN3O4. The molecule has 8 heteroatoms. The van der Waals surface area contributed by atoms with Gasteiger partial charge in [-0.3, -0.25) is 4.90 Å². The molecule has 3 aliphatic rings. The van der Waals surface area contributed by atoms with Crippen molar-refractivity contribution >= 4 is 39.1 Å². The highest BCUT2D eigenvalue weighted by Gasteiger charge is 2.49. The number of piperidine rings is 1. The van der Waals surface area contributed by atoms with Gasteiger partial charge in [0, 0.05) is 19.2 Å². The van der Waals surface area contributed by atoms with E-state index >= 15 is 0 Å². The number of hydrogen-bond donors (Lipinski definition) is 0. The van der Waals surface area contributed by atoms with Crippen molar-refractivity contribution in [2.75, 3.05) is 25.1 Å². The number of aromatic nitrogens is 1. The van der Waals surface area contributed by atoms with Gasteiger partial charge in [0.15, 0.2) is 5.58 Å². The number of fused-ring (bicyclic) bond motifs is 3. The van der Waals surface area contributed by atoms with Crippen LogP contribution in [0, 0.1) is 0 Å². The Balaban J connectivity index is 1.51. The fourth-order valence-corrected chi connectivity index (χ4v) is 4.10. The third-order valence-corrected chi connectivity index (χ3v) is 5.30. The molecule has 7 nitrogen and oxygen atoms in total. The van der Waals surface area contributed by atoms with E-state index in [0.29, 0.717) is 24.7 Å². The lowest BCUT2D eigenvalue weighted by atomic mass is 9.88. The van der Waals surface area contributed by atoms with Gasteiger partial charge < -0.3 is 18.8 Å². The SMILES string of the molecule is COc1cc(Br)c2oc(N3CC4CC(C3)N4C(=O)OC(C)(C)C)nc2c1. The van der Waals surface area contributed by atoms with Crippen molar-refractivity contribution in [2.45, 2.75) is 44.9 Å². The minimum atomic E-state index is -0.480. The number of carbonyl (C=O) groups excluding carboxylic acids is 1. The summed E-state index contributed by atoms with van der Waals surface area (Å²) in [5.41, 5.74) is 0.963. The Morgan fingerprint density at radius 2 is 2.00 bits per heavy atom. The van der Waals surface area contributed by atoms with Gasteiger partial charge in [-0.15, -0.1) is 0 Å². The highest BCUT2D eigenvalue weighted by Crippen LogP contribution is 2.38. The van der Waals surface area contributed by atoms with Crippen LogP contribution in [0.2, 0.25) is 0 Å². The van der Waals surface area contributed by atoms with Crippen LogP contribution >= 0.6 is 15.9 Å². The number of carbonyl (C=O) groups is 1. The average molecular weight is 424 g/mol. The Kier molecular flexibility index (Phi) is 4.06. The standard InChI is InChI=1S/C18H22BrN3O4/c1-18(2,3)26-17(23)22-10-5-11(22)9-21(8-10)16-20-14-7-12(24-4)6-13(19)15(14)25-16/h6-7,10-11H,5,8-9H2,1-4H3. The van der Waals surface area contributed by atoms with E-state index in [9.17, 15) is 4.79 Å². The monoisotopic (exact) mass is 423 g/mol. The number of halogens is 1. The second-order valence-corrected chi connectivity index (χ2v) is 8.64. The van der Waals surface area contributed by atoms with Crippen molar-refractivity contribution in [2.24, 2.45) is 0 Å². The van der Waals surface area contributed by atoms with Gasteiger partial charge in [0.2, 0.25) is 0 Å². The van der Waals surface area contributed by atoms with E-state index in [1.54, 1.807) is 7.11 Å². The third-order valence-electron chi connectivity index (χ3n) is 4.71. The lowest BCUT2D eigenvalue weighted by molar-refractivity contribution is -0.0386. The molecule has 2 unspecified atom stereocenters. The predicted octanol–water partition coefficient (Wildman–Crippen LogP) is 3.80. The number of methoxy groups -OCH3 is 1. The zero-order chi connectivity index (χ0) is 18.6. The highest BCUT2D eigenvalue weighted by atomic mass is 79.9. The maximum Gasteiger partial charge on any atom is 0.410 e. The summed E-state index contributed by atoms with van der Waals surface area (Å²) in [6.45, 7) is 7.04. The van der Waals surface area contributed by atoms with E-state index in [1.807, 2.05) is 37.8 Å². The molecular weight excluding hydrogens is 402 g/mol. The Morgan fingerprint density at radius 1 is 1.31 bits per heavy atom. The van der Waals surface area contributed by atoms with Crippen molar-refractivity contribution in [1.82, 2.24) is 9.88 Å². The third kappa shape index (κ3) is 3.00. The molecule has 3 aliphatic heterocycles. The van der Waals surface area contributed by atoms with Crippen LogP contribution in [0.1, 0.15) is 27.2 Å². The number of hydrogen-bond acceptors (Lipinski definition) is 6. The Morgan fingerprint density at radius 3 is 2.62 bits per heavy atom. The summed E-state index contributed by atoms with van der Waals surface area (Å²) in [6.07, 6.45) is 0.761. The molecule has 0 saturated carbocycles. The summed E-state index contributed by atoms with van der Waals surface area (Å²) in [5.74, 6) is 0.724. The van der Waals surface area contributed by atoms with Crippen LogP contribution in [-0.2, 0) is 4.74 Å². The van der Waals surface area contributed by atoms with Crippen LogP contribution in [0.5, 0.6) is 5.75 Å². The van der Waals surface area contributed by atoms with Crippen LogP contribution in [0.3, 0.4) is 0 Å². The first-order valence-electron chi connectivity index (χ1n) is 8.65. The molecule has 140 valence electrons. The minimum Gasteiger partial charge on any atom is -0.497 e. The van der Waals surface area contributed by atoms with E-state index in [2.05, 4.69) is 25.8 Å². The zero-order valence-corrected chi connectivity index (χ0v) is 16.9. The number of benzene rings is 1. The van der Waals surface area contributed by atoms with Gasteiger partial charge in [-0.2, -0.15) is 4.98 Å². The topological polar surface area (TPSA) is 68.0 Å². The Labute approximate surface area is 160 Å². The van der Waals surface area contributed by atoms with Crippen molar-refractivity contribution in [1.29, 1.82) is 0 Å². The normalized spacial score (nSPS) is 22.3. The van der Waals surface area contributed by atoms with Gasteiger partial charge in [0.1, 0.15) is 16.9 Å². The van der Waals surface area contributed by atoms with Crippen LogP contribution in [0.25, 0.3) is 11.1 Å². The summed E-state index contributed by atoms with van der Waals surface area (Å²) in [7, 11) is 1.62. The van der Waals surface area contributed by atoms with Crippen LogP contribution in [0.15, 0.2) is 21.0 Å². The van der Waals surface area contributed by atoms with E-state index < -0.39 is 5.60 Å². The minimum absolute atomic E-state index is 0.136. The number of anilines is 1. The number of amides is 1. The fraction of sp³-hybridized carbons (Fsp3) is 0.556. The number of oxazole rings is 1. The van der Waals surface area contributed by atoms with Gasteiger partial charge >= 0.3 is 6.09 Å². The molecule has 0 aliphatic carbocycles. The smallest absolute Gasteiger partial charge is 0.410 e. The molecule has 2 bridgehead atoms. The average Bonchev–Trinajstić information content (AvgIpc) is 2.97. The molecule has 2 atom stereocenters. The quantitative estimate of drug-likeness (QED) is 0.731. The molecule has 2 aromatic rings. The molecule has 3 fully saturated rings. The van der Waals surface area contributed by atoms with E-state index in [4.69, 9.17) is 13.9 Å². The molecule has 4 heterocycles. The molecule has 26 heavy (non-hydrogen) atoms. The van der Waals surface area contributed by atoms with Crippen molar-refractivity contribution in [3.8, 4) is 5.75 Å². The molecule has 3 saturated heterocycles. The molecule has 1 aromatic heterocycles. The van der Waals surface area contributed by atoms with Crippen molar-refractivity contribution in [3.05, 3.63) is 16.6 Å². The van der Waals surface area contributed by atoms with Crippen molar-refractivity contribution in [3.63, 3.8) is 0 Å². The van der Waals surface area contributed by atoms with Gasteiger partial charge in [-0.25, -0.2) is 4.79 Å². The zero-order valence-electron chi connectivity index (χ0n) is 15.3. The summed E-state index contributed by atoms with van der Waals surface area (Å²) >= 11 is 3.50. The second-order valence-electron chi connectivity index (χ2n) is 7.79. The molecule has 1 amide bonds. The first-order valence-corrected chi connectivity index (χ1v) is 9.45. The summed E-state index contributed by atoms with van der Waals surface area (Å²) in [4.78, 5) is 20.9. The number of rotatable bonds is 2. The van der Waals surface area contributed by atoms with Gasteiger partial charge in [-0.1, -0.05) is 0 Å². The van der Waals surface area contributed by atoms with Crippen LogP contribution in [-0.4, -0.2) is 53.9 Å². The van der Waals surface area contributed by atoms with Gasteiger partial charge in [-0.05, 0) is 49.2 Å². The number of ether oxygens (including phenoxy) is 2. The van der Waals surface area contributed by atoms with Gasteiger partial charge in [0.05, 0.1) is 23.7 Å². The maximum atomic E-state index is 12.4. The maximum absolute atomic E-state index is 12.4. The largest absolute Gasteiger partial charge is 0.497 e. The van der Waals surface area contributed by atoms with E-state index in [0.717, 1.165) is 22.2 Å². The molecule has 5 rings (SSSR count). The van der Waals surface area contributed by atoms with Crippen LogP contribution in [0.4, 0.5) is 10.8 Å². The number of nitrogens with zero attached hydrogens (tertiary/aromatic N) is 3. The molecule has 0 N–H and O–H groups in total. The molecule has 0 radical (unpaired) electrons. The Hall–Kier alpha value is -1.96. The molecule has 1 aromatic carbocycles. The van der Waals surface area contributed by atoms with E-state index in [-0.39, 0.29) is 18.2 Å². The Bertz CT molecular complexity index is 848. The highest BCUT2D eigenvalue weighted by molar-refractivity contribution is 9.10. The summed E-state index contributed by atoms with van der Waals surface area (Å²) in [5, 5.41) is 0. The fourth-order valence-electron chi connectivity index (χ4n) is 3.59.